The molecule has 3 N–H and O–H groups in total. The number of methoxy groups -OCH3 is 1. The van der Waals surface area contributed by atoms with Crippen LogP contribution < -0.4 is 15.8 Å². The molecule has 21 heavy (non-hydrogen) atoms. The summed E-state index contributed by atoms with van der Waals surface area (Å²) in [7, 11) is 1.43. The van der Waals surface area contributed by atoms with E-state index < -0.39 is 5.82 Å². The van der Waals surface area contributed by atoms with E-state index in [2.05, 4.69) is 10.3 Å². The van der Waals surface area contributed by atoms with Crippen LogP contribution in [0.5, 0.6) is 5.75 Å². The minimum Gasteiger partial charge on any atom is -0.494 e. The van der Waals surface area contributed by atoms with Gasteiger partial charge >= 0.3 is 0 Å². The van der Waals surface area contributed by atoms with Gasteiger partial charge in [-0.1, -0.05) is 0 Å². The van der Waals surface area contributed by atoms with Crippen LogP contribution in [0.15, 0.2) is 48.7 Å². The van der Waals surface area contributed by atoms with Gasteiger partial charge in [0.2, 0.25) is 0 Å². The van der Waals surface area contributed by atoms with Gasteiger partial charge in [0.15, 0.2) is 11.6 Å². The van der Waals surface area contributed by atoms with Gasteiger partial charge in [-0.15, -0.1) is 0 Å². The highest BCUT2D eigenvalue weighted by Crippen LogP contribution is 2.30. The number of aromatic nitrogens is 1. The molecule has 4 nitrogen and oxygen atoms in total. The van der Waals surface area contributed by atoms with Crippen molar-refractivity contribution >= 4 is 28.0 Å². The summed E-state index contributed by atoms with van der Waals surface area (Å²) in [6, 6.07) is 12.0. The molecule has 0 unspecified atom stereocenters. The van der Waals surface area contributed by atoms with E-state index in [-0.39, 0.29) is 5.75 Å². The maximum absolute atomic E-state index is 13.4. The molecule has 3 aromatic rings. The number of hydrogen-bond donors (Lipinski definition) is 2. The second-order valence-corrected chi connectivity index (χ2v) is 4.58. The molecule has 0 bridgehead atoms. The van der Waals surface area contributed by atoms with E-state index in [4.69, 9.17) is 10.5 Å². The fourth-order valence-corrected chi connectivity index (χ4v) is 2.19. The quantitative estimate of drug-likeness (QED) is 0.719. The van der Waals surface area contributed by atoms with Crippen molar-refractivity contribution in [3.05, 3.63) is 54.5 Å². The number of nitrogens with two attached hydrogens (primary N) is 1. The van der Waals surface area contributed by atoms with E-state index in [1.54, 1.807) is 18.3 Å². The lowest BCUT2D eigenvalue weighted by atomic mass is 10.1. The summed E-state index contributed by atoms with van der Waals surface area (Å²) in [5.41, 5.74) is 8.89. The van der Waals surface area contributed by atoms with E-state index in [1.165, 1.54) is 13.2 Å². The number of rotatable bonds is 3. The summed E-state index contributed by atoms with van der Waals surface area (Å²) >= 11 is 0. The van der Waals surface area contributed by atoms with Crippen LogP contribution in [0.3, 0.4) is 0 Å². The third-order valence-corrected chi connectivity index (χ3v) is 3.23. The summed E-state index contributed by atoms with van der Waals surface area (Å²) < 4.78 is 18.4. The first-order valence-corrected chi connectivity index (χ1v) is 6.43. The number of benzene rings is 2. The topological polar surface area (TPSA) is 60.2 Å². The molecular weight excluding hydrogens is 269 g/mol. The van der Waals surface area contributed by atoms with Crippen molar-refractivity contribution in [1.29, 1.82) is 0 Å². The highest BCUT2D eigenvalue weighted by atomic mass is 19.1. The predicted octanol–water partition coefficient (Wildman–Crippen LogP) is 3.71. The van der Waals surface area contributed by atoms with Crippen molar-refractivity contribution in [2.24, 2.45) is 0 Å². The maximum Gasteiger partial charge on any atom is 0.165 e. The molecule has 0 amide bonds. The number of nitrogens with one attached hydrogen (secondary N) is 1. The zero-order chi connectivity index (χ0) is 14.8. The first-order valence-electron chi connectivity index (χ1n) is 6.43. The van der Waals surface area contributed by atoms with Gasteiger partial charge in [-0.3, -0.25) is 4.98 Å². The summed E-state index contributed by atoms with van der Waals surface area (Å²) in [5, 5.41) is 4.08. The van der Waals surface area contributed by atoms with Gasteiger partial charge in [0, 0.05) is 29.0 Å². The third kappa shape index (κ3) is 2.45. The Balaban J connectivity index is 2.04. The number of ether oxygens (including phenoxy) is 1. The number of hydrogen-bond acceptors (Lipinski definition) is 4. The minimum atomic E-state index is -0.400. The molecule has 0 saturated carbocycles. The van der Waals surface area contributed by atoms with E-state index >= 15 is 0 Å². The van der Waals surface area contributed by atoms with Crippen LogP contribution in [0.25, 0.3) is 10.9 Å². The average Bonchev–Trinajstić information content (AvgIpc) is 2.52. The first-order chi connectivity index (χ1) is 10.2. The van der Waals surface area contributed by atoms with E-state index in [0.29, 0.717) is 11.4 Å². The predicted molar refractivity (Wildman–Crippen MR) is 82.4 cm³/mol. The van der Waals surface area contributed by atoms with Crippen LogP contribution in [0.2, 0.25) is 0 Å². The Kier molecular flexibility index (Phi) is 3.31. The van der Waals surface area contributed by atoms with Crippen molar-refractivity contribution in [1.82, 2.24) is 4.98 Å². The maximum atomic E-state index is 13.4. The number of nitrogens with zero attached hydrogens (tertiary/aromatic N) is 1. The third-order valence-electron chi connectivity index (χ3n) is 3.23. The Bertz CT molecular complexity index is 805. The zero-order valence-corrected chi connectivity index (χ0v) is 11.4. The van der Waals surface area contributed by atoms with Crippen LogP contribution in [0.4, 0.5) is 21.5 Å². The Labute approximate surface area is 121 Å². The molecular formula is C16H14FN3O. The summed E-state index contributed by atoms with van der Waals surface area (Å²) in [5.74, 6) is -0.212. The van der Waals surface area contributed by atoms with Gasteiger partial charge < -0.3 is 15.8 Å². The fourth-order valence-electron chi connectivity index (χ4n) is 2.19. The molecule has 5 heteroatoms. The van der Waals surface area contributed by atoms with Crippen LogP contribution >= 0.6 is 0 Å². The van der Waals surface area contributed by atoms with Crippen molar-refractivity contribution < 1.29 is 9.13 Å². The number of fused-ring (bicyclic) bond motifs is 1. The number of anilines is 3. The molecule has 0 fully saturated rings. The SMILES string of the molecule is COc1cc(Nc2ccc(N)c3cccnc23)ccc1F. The van der Waals surface area contributed by atoms with Crippen molar-refractivity contribution in [2.75, 3.05) is 18.2 Å². The second-order valence-electron chi connectivity index (χ2n) is 4.58. The zero-order valence-electron chi connectivity index (χ0n) is 11.4. The number of pyridine rings is 1. The summed E-state index contributed by atoms with van der Waals surface area (Å²) in [4.78, 5) is 4.35. The fraction of sp³-hybridized carbons (Fsp3) is 0.0625. The Morgan fingerprint density at radius 3 is 2.86 bits per heavy atom. The Morgan fingerprint density at radius 1 is 1.19 bits per heavy atom. The molecule has 0 atom stereocenters. The molecule has 0 aliphatic carbocycles. The highest BCUT2D eigenvalue weighted by molar-refractivity contribution is 5.99. The van der Waals surface area contributed by atoms with E-state index in [9.17, 15) is 4.39 Å². The molecule has 0 saturated heterocycles. The molecule has 1 heterocycles. The van der Waals surface area contributed by atoms with E-state index in [1.807, 2.05) is 24.3 Å². The number of nitrogen functional groups attached to an aromatic ring is 1. The van der Waals surface area contributed by atoms with Gasteiger partial charge in [0.05, 0.1) is 18.3 Å². The molecule has 0 aliphatic rings. The smallest absolute Gasteiger partial charge is 0.165 e. The summed E-state index contributed by atoms with van der Waals surface area (Å²) in [6.45, 7) is 0. The van der Waals surface area contributed by atoms with Crippen LogP contribution in [0.1, 0.15) is 0 Å². The molecule has 0 aliphatic heterocycles. The molecule has 3 rings (SSSR count). The van der Waals surface area contributed by atoms with Crippen molar-refractivity contribution in [2.45, 2.75) is 0 Å². The lowest BCUT2D eigenvalue weighted by Crippen LogP contribution is -1.97. The molecule has 2 aromatic carbocycles. The molecule has 0 spiro atoms. The van der Waals surface area contributed by atoms with Crippen molar-refractivity contribution in [3.63, 3.8) is 0 Å². The van der Waals surface area contributed by atoms with Gasteiger partial charge in [0.25, 0.3) is 0 Å². The highest BCUT2D eigenvalue weighted by Gasteiger charge is 2.07. The lowest BCUT2D eigenvalue weighted by molar-refractivity contribution is 0.387. The molecule has 106 valence electrons. The molecule has 1 aromatic heterocycles. The molecule has 0 radical (unpaired) electrons. The van der Waals surface area contributed by atoms with Crippen LogP contribution in [-0.4, -0.2) is 12.1 Å². The van der Waals surface area contributed by atoms with Gasteiger partial charge in [-0.2, -0.15) is 0 Å². The first kappa shape index (κ1) is 13.2. The lowest BCUT2D eigenvalue weighted by Gasteiger charge is -2.11. The van der Waals surface area contributed by atoms with Gasteiger partial charge in [-0.05, 0) is 36.4 Å². The van der Waals surface area contributed by atoms with E-state index in [0.717, 1.165) is 16.6 Å². The van der Waals surface area contributed by atoms with Crippen molar-refractivity contribution in [3.8, 4) is 5.75 Å². The average molecular weight is 283 g/mol. The van der Waals surface area contributed by atoms with Gasteiger partial charge in [-0.25, -0.2) is 4.39 Å². The largest absolute Gasteiger partial charge is 0.494 e. The standard InChI is InChI=1S/C16H14FN3O/c1-21-15-9-10(4-5-12(15)17)20-14-7-6-13(18)11-3-2-8-19-16(11)14/h2-9,20H,18H2,1H3. The normalized spacial score (nSPS) is 10.6. The van der Waals surface area contributed by atoms with Crippen LogP contribution in [0, 0.1) is 5.82 Å². The Hall–Kier alpha value is -2.82. The Morgan fingerprint density at radius 2 is 2.05 bits per heavy atom. The van der Waals surface area contributed by atoms with Gasteiger partial charge in [0.1, 0.15) is 0 Å². The monoisotopic (exact) mass is 283 g/mol. The second kappa shape index (κ2) is 5.28. The minimum absolute atomic E-state index is 0.188. The summed E-state index contributed by atoms with van der Waals surface area (Å²) in [6.07, 6.45) is 1.71. The van der Waals surface area contributed by atoms with Crippen LogP contribution in [-0.2, 0) is 0 Å². The number of halogens is 1.